The SMILES string of the molecule is CC(C)CCS(=O)(=O)Nc1ccccc1CC(=O)O. The molecular weight excluding hydrogens is 266 g/mol. The van der Waals surface area contributed by atoms with Crippen molar-refractivity contribution in [3.8, 4) is 0 Å². The fourth-order valence-electron chi connectivity index (χ4n) is 1.55. The summed E-state index contributed by atoms with van der Waals surface area (Å²) in [6.45, 7) is 3.90. The molecule has 0 unspecified atom stereocenters. The van der Waals surface area contributed by atoms with Crippen LogP contribution in [0.25, 0.3) is 0 Å². The summed E-state index contributed by atoms with van der Waals surface area (Å²) in [5.41, 5.74) is 0.803. The van der Waals surface area contributed by atoms with Crippen LogP contribution in [0.15, 0.2) is 24.3 Å². The van der Waals surface area contributed by atoms with Gasteiger partial charge in [0.15, 0.2) is 0 Å². The van der Waals surface area contributed by atoms with Crippen molar-refractivity contribution in [3.05, 3.63) is 29.8 Å². The number of sulfonamides is 1. The third-order valence-corrected chi connectivity index (χ3v) is 3.89. The average Bonchev–Trinajstić information content (AvgIpc) is 2.28. The largest absolute Gasteiger partial charge is 0.481 e. The molecule has 1 aromatic carbocycles. The van der Waals surface area contributed by atoms with E-state index in [0.29, 0.717) is 23.6 Å². The molecule has 6 heteroatoms. The number of benzene rings is 1. The van der Waals surface area contributed by atoms with E-state index in [4.69, 9.17) is 5.11 Å². The molecule has 2 N–H and O–H groups in total. The Hall–Kier alpha value is -1.56. The number of carbonyl (C=O) groups is 1. The molecule has 0 aliphatic heterocycles. The lowest BCUT2D eigenvalue weighted by Crippen LogP contribution is -2.19. The van der Waals surface area contributed by atoms with Gasteiger partial charge in [0.1, 0.15) is 0 Å². The number of nitrogens with one attached hydrogen (secondary N) is 1. The molecule has 106 valence electrons. The van der Waals surface area contributed by atoms with E-state index in [1.165, 1.54) is 0 Å². The highest BCUT2D eigenvalue weighted by atomic mass is 32.2. The Labute approximate surface area is 113 Å². The summed E-state index contributed by atoms with van der Waals surface area (Å²) in [6, 6.07) is 6.54. The van der Waals surface area contributed by atoms with Gasteiger partial charge in [-0.05, 0) is 24.0 Å². The number of carboxylic acids is 1. The van der Waals surface area contributed by atoms with Crippen molar-refractivity contribution < 1.29 is 18.3 Å². The minimum atomic E-state index is -3.43. The van der Waals surface area contributed by atoms with Gasteiger partial charge in [0.05, 0.1) is 17.9 Å². The first-order valence-corrected chi connectivity index (χ1v) is 7.75. The van der Waals surface area contributed by atoms with Gasteiger partial charge in [-0.1, -0.05) is 32.0 Å². The highest BCUT2D eigenvalue weighted by molar-refractivity contribution is 7.92. The van der Waals surface area contributed by atoms with Crippen molar-refractivity contribution >= 4 is 21.7 Å². The number of hydrogen-bond donors (Lipinski definition) is 2. The predicted molar refractivity (Wildman–Crippen MR) is 74.6 cm³/mol. The fourth-order valence-corrected chi connectivity index (χ4v) is 2.96. The number of anilines is 1. The predicted octanol–water partition coefficient (Wildman–Crippen LogP) is 2.10. The first-order chi connectivity index (χ1) is 8.80. The number of rotatable bonds is 7. The Morgan fingerprint density at radius 1 is 1.32 bits per heavy atom. The number of aliphatic carboxylic acids is 1. The van der Waals surface area contributed by atoms with Gasteiger partial charge in [-0.3, -0.25) is 9.52 Å². The smallest absolute Gasteiger partial charge is 0.307 e. The van der Waals surface area contributed by atoms with Gasteiger partial charge in [-0.25, -0.2) is 8.42 Å². The zero-order chi connectivity index (χ0) is 14.5. The second-order valence-corrected chi connectivity index (χ2v) is 6.67. The molecule has 1 aromatic rings. The molecule has 0 aliphatic rings. The van der Waals surface area contributed by atoms with Crippen LogP contribution in [0, 0.1) is 5.92 Å². The summed E-state index contributed by atoms with van der Waals surface area (Å²) < 4.78 is 26.2. The zero-order valence-electron chi connectivity index (χ0n) is 11.1. The van der Waals surface area contributed by atoms with Crippen molar-refractivity contribution in [1.82, 2.24) is 0 Å². The molecule has 0 saturated heterocycles. The molecule has 1 rings (SSSR count). The summed E-state index contributed by atoms with van der Waals surface area (Å²) in [4.78, 5) is 10.7. The van der Waals surface area contributed by atoms with Crippen LogP contribution in [0.3, 0.4) is 0 Å². The molecule has 5 nitrogen and oxygen atoms in total. The molecule has 0 aliphatic carbocycles. The third-order valence-electron chi connectivity index (χ3n) is 2.59. The van der Waals surface area contributed by atoms with Crippen LogP contribution in [0.5, 0.6) is 0 Å². The van der Waals surface area contributed by atoms with Crippen molar-refractivity contribution in [2.45, 2.75) is 26.7 Å². The van der Waals surface area contributed by atoms with Crippen molar-refractivity contribution in [1.29, 1.82) is 0 Å². The van der Waals surface area contributed by atoms with Crippen LogP contribution in [-0.2, 0) is 21.2 Å². The monoisotopic (exact) mass is 285 g/mol. The quantitative estimate of drug-likeness (QED) is 0.803. The van der Waals surface area contributed by atoms with E-state index >= 15 is 0 Å². The van der Waals surface area contributed by atoms with E-state index in [-0.39, 0.29) is 12.2 Å². The normalized spacial score (nSPS) is 11.5. The van der Waals surface area contributed by atoms with Crippen molar-refractivity contribution in [2.75, 3.05) is 10.5 Å². The van der Waals surface area contributed by atoms with Gasteiger partial charge in [0.2, 0.25) is 10.0 Å². The highest BCUT2D eigenvalue weighted by Gasteiger charge is 2.14. The van der Waals surface area contributed by atoms with E-state index in [1.807, 2.05) is 13.8 Å². The maximum Gasteiger partial charge on any atom is 0.307 e. The van der Waals surface area contributed by atoms with Gasteiger partial charge in [-0.2, -0.15) is 0 Å². The van der Waals surface area contributed by atoms with E-state index < -0.39 is 16.0 Å². The molecule has 0 radical (unpaired) electrons. The van der Waals surface area contributed by atoms with Crippen LogP contribution < -0.4 is 4.72 Å². The molecule has 0 fully saturated rings. The lowest BCUT2D eigenvalue weighted by Gasteiger charge is -2.12. The molecule has 0 heterocycles. The lowest BCUT2D eigenvalue weighted by atomic mass is 10.1. The summed E-state index contributed by atoms with van der Waals surface area (Å²) in [6.07, 6.45) is 0.360. The van der Waals surface area contributed by atoms with Crippen LogP contribution in [0.2, 0.25) is 0 Å². The topological polar surface area (TPSA) is 83.5 Å². The van der Waals surface area contributed by atoms with E-state index in [2.05, 4.69) is 4.72 Å². The van der Waals surface area contributed by atoms with Crippen LogP contribution in [0.1, 0.15) is 25.8 Å². The van der Waals surface area contributed by atoms with Gasteiger partial charge < -0.3 is 5.11 Å². The van der Waals surface area contributed by atoms with Gasteiger partial charge >= 0.3 is 5.97 Å². The molecule has 0 aromatic heterocycles. The van der Waals surface area contributed by atoms with Gasteiger partial charge in [0.25, 0.3) is 0 Å². The Morgan fingerprint density at radius 3 is 2.53 bits per heavy atom. The first kappa shape index (κ1) is 15.5. The Morgan fingerprint density at radius 2 is 1.95 bits per heavy atom. The maximum absolute atomic E-state index is 11.9. The first-order valence-electron chi connectivity index (χ1n) is 6.10. The number of carboxylic acid groups (broad SMARTS) is 1. The lowest BCUT2D eigenvalue weighted by molar-refractivity contribution is -0.136. The van der Waals surface area contributed by atoms with Crippen molar-refractivity contribution in [2.24, 2.45) is 5.92 Å². The summed E-state index contributed by atoms with van der Waals surface area (Å²) >= 11 is 0. The van der Waals surface area contributed by atoms with Crippen molar-refractivity contribution in [3.63, 3.8) is 0 Å². The van der Waals surface area contributed by atoms with E-state index in [0.717, 1.165) is 0 Å². The minimum Gasteiger partial charge on any atom is -0.481 e. The van der Waals surface area contributed by atoms with Gasteiger partial charge in [-0.15, -0.1) is 0 Å². The van der Waals surface area contributed by atoms with E-state index in [1.54, 1.807) is 24.3 Å². The number of para-hydroxylation sites is 1. The molecule has 0 amide bonds. The van der Waals surface area contributed by atoms with Gasteiger partial charge in [0, 0.05) is 0 Å². The summed E-state index contributed by atoms with van der Waals surface area (Å²) in [5, 5.41) is 8.79. The average molecular weight is 285 g/mol. The highest BCUT2D eigenvalue weighted by Crippen LogP contribution is 2.18. The maximum atomic E-state index is 11.9. The van der Waals surface area contributed by atoms with Crippen LogP contribution in [0.4, 0.5) is 5.69 Å². The van der Waals surface area contributed by atoms with Crippen LogP contribution >= 0.6 is 0 Å². The summed E-state index contributed by atoms with van der Waals surface area (Å²) in [5.74, 6) is -0.661. The third kappa shape index (κ3) is 5.74. The molecule has 0 spiro atoms. The molecule has 19 heavy (non-hydrogen) atoms. The van der Waals surface area contributed by atoms with E-state index in [9.17, 15) is 13.2 Å². The molecule has 0 atom stereocenters. The Balaban J connectivity index is 2.84. The number of hydrogen-bond acceptors (Lipinski definition) is 3. The second-order valence-electron chi connectivity index (χ2n) is 4.83. The Bertz CT molecular complexity index is 537. The molecule has 0 bridgehead atoms. The zero-order valence-corrected chi connectivity index (χ0v) is 11.9. The fraction of sp³-hybridized carbons (Fsp3) is 0.462. The standard InChI is InChI=1S/C13H19NO4S/c1-10(2)7-8-19(17,18)14-12-6-4-3-5-11(12)9-13(15)16/h3-6,10,14H,7-9H2,1-2H3,(H,15,16). The molecular formula is C13H19NO4S. The van der Waals surface area contributed by atoms with Crippen LogP contribution in [-0.4, -0.2) is 25.2 Å². The second kappa shape index (κ2) is 6.56. The summed E-state index contributed by atoms with van der Waals surface area (Å²) in [7, 11) is -3.43. The molecule has 0 saturated carbocycles. The minimum absolute atomic E-state index is 0.0338. The Kier molecular flexibility index (Phi) is 5.35.